The molecule has 0 atom stereocenters. The third-order valence-corrected chi connectivity index (χ3v) is 5.44. The number of aromatic nitrogens is 1. The van der Waals surface area contributed by atoms with E-state index in [9.17, 15) is 15.3 Å². The van der Waals surface area contributed by atoms with Gasteiger partial charge in [0.25, 0.3) is 0 Å². The van der Waals surface area contributed by atoms with Crippen molar-refractivity contribution in [3.8, 4) is 17.9 Å². The summed E-state index contributed by atoms with van der Waals surface area (Å²) in [6, 6.07) is 14.7. The van der Waals surface area contributed by atoms with E-state index in [0.29, 0.717) is 38.9 Å². The fourth-order valence-corrected chi connectivity index (χ4v) is 3.50. The lowest BCUT2D eigenvalue weighted by atomic mass is 10.0. The first-order chi connectivity index (χ1) is 15.4. The Labute approximate surface area is 194 Å². The van der Waals surface area contributed by atoms with E-state index in [1.165, 1.54) is 11.7 Å². The number of rotatable bonds is 5. The topological polar surface area (TPSA) is 88.0 Å². The van der Waals surface area contributed by atoms with Gasteiger partial charge in [-0.1, -0.05) is 22.0 Å². The highest BCUT2D eigenvalue weighted by molar-refractivity contribution is 9.10. The molecule has 1 aromatic heterocycles. The highest BCUT2D eigenvalue weighted by Gasteiger charge is 2.18. The molecule has 0 saturated heterocycles. The van der Waals surface area contributed by atoms with Gasteiger partial charge in [0.1, 0.15) is 12.4 Å². The number of halogens is 1. The number of fused-ring (bicyclic) bond motifs is 1. The van der Waals surface area contributed by atoms with Gasteiger partial charge in [-0.15, -0.1) is 0 Å². The molecule has 0 radical (unpaired) electrons. The summed E-state index contributed by atoms with van der Waals surface area (Å²) in [5, 5.41) is 19.9. The summed E-state index contributed by atoms with van der Waals surface area (Å²) < 4.78 is 13.0. The number of allylic oxidation sites excluding steroid dienone is 2. The average Bonchev–Trinajstić information content (AvgIpc) is 3.18. The Morgan fingerprint density at radius 2 is 2.00 bits per heavy atom. The van der Waals surface area contributed by atoms with Crippen molar-refractivity contribution < 1.29 is 14.3 Å². The van der Waals surface area contributed by atoms with E-state index in [-0.39, 0.29) is 6.61 Å². The van der Waals surface area contributed by atoms with Crippen LogP contribution in [0, 0.1) is 22.7 Å². The SMILES string of the molecule is C/C=C(\C)COC(=O)n1cc(/C(C#N)=C/c2cc(C#N)ccc2OC)c2cc(Br)ccc21. The minimum absolute atomic E-state index is 0.181. The van der Waals surface area contributed by atoms with Gasteiger partial charge < -0.3 is 9.47 Å². The second-order valence-electron chi connectivity index (χ2n) is 7.00. The van der Waals surface area contributed by atoms with Crippen LogP contribution >= 0.6 is 15.9 Å². The molecule has 2 aromatic carbocycles. The zero-order chi connectivity index (χ0) is 23.3. The van der Waals surface area contributed by atoms with Gasteiger partial charge in [0.15, 0.2) is 0 Å². The van der Waals surface area contributed by atoms with Crippen LogP contribution in [0.15, 0.2) is 58.7 Å². The van der Waals surface area contributed by atoms with Crippen LogP contribution in [0.3, 0.4) is 0 Å². The zero-order valence-electron chi connectivity index (χ0n) is 17.8. The summed E-state index contributed by atoms with van der Waals surface area (Å²) in [5.74, 6) is 0.530. The second-order valence-corrected chi connectivity index (χ2v) is 7.92. The largest absolute Gasteiger partial charge is 0.496 e. The quantitative estimate of drug-likeness (QED) is 0.309. The number of nitriles is 2. The van der Waals surface area contributed by atoms with Crippen molar-refractivity contribution in [3.05, 3.63) is 75.4 Å². The summed E-state index contributed by atoms with van der Waals surface area (Å²) >= 11 is 3.46. The molecule has 0 fully saturated rings. The van der Waals surface area contributed by atoms with Crippen molar-refractivity contribution in [1.82, 2.24) is 4.57 Å². The molecule has 0 amide bonds. The van der Waals surface area contributed by atoms with Crippen molar-refractivity contribution in [3.63, 3.8) is 0 Å². The number of benzene rings is 2. The van der Waals surface area contributed by atoms with Gasteiger partial charge in [-0.25, -0.2) is 4.79 Å². The minimum Gasteiger partial charge on any atom is -0.496 e. The molecule has 0 aliphatic carbocycles. The minimum atomic E-state index is -0.536. The van der Waals surface area contributed by atoms with Gasteiger partial charge in [0.05, 0.1) is 35.9 Å². The van der Waals surface area contributed by atoms with Crippen LogP contribution in [-0.4, -0.2) is 24.4 Å². The molecule has 6 nitrogen and oxygen atoms in total. The van der Waals surface area contributed by atoms with E-state index in [0.717, 1.165) is 10.0 Å². The number of carbonyl (C=O) groups is 1. The maximum absolute atomic E-state index is 12.8. The molecule has 0 spiro atoms. The van der Waals surface area contributed by atoms with E-state index in [2.05, 4.69) is 28.1 Å². The molecule has 7 heteroatoms. The van der Waals surface area contributed by atoms with Gasteiger partial charge in [0.2, 0.25) is 0 Å². The number of hydrogen-bond donors (Lipinski definition) is 0. The van der Waals surface area contributed by atoms with Crippen LogP contribution in [0.2, 0.25) is 0 Å². The van der Waals surface area contributed by atoms with Crippen molar-refractivity contribution >= 4 is 44.6 Å². The second kappa shape index (κ2) is 10.00. The Morgan fingerprint density at radius 1 is 1.22 bits per heavy atom. The van der Waals surface area contributed by atoms with Gasteiger partial charge in [0, 0.05) is 27.2 Å². The molecule has 160 valence electrons. The lowest BCUT2D eigenvalue weighted by molar-refractivity contribution is 0.158. The molecule has 0 bridgehead atoms. The van der Waals surface area contributed by atoms with Crippen LogP contribution in [0.5, 0.6) is 5.75 Å². The maximum atomic E-state index is 12.8. The standard InChI is InChI=1S/C25H20BrN3O3/c1-4-16(2)15-32-25(30)29-14-22(21-11-20(26)6-7-23(21)29)19(13-28)10-18-9-17(12-27)5-8-24(18)31-3/h4-11,14H,15H2,1-3H3/b16-4+,19-10+. The highest BCUT2D eigenvalue weighted by atomic mass is 79.9. The number of methoxy groups -OCH3 is 1. The van der Waals surface area contributed by atoms with Crippen LogP contribution in [-0.2, 0) is 4.74 Å². The average molecular weight is 490 g/mol. The van der Waals surface area contributed by atoms with E-state index in [1.807, 2.05) is 32.1 Å². The van der Waals surface area contributed by atoms with Crippen molar-refractivity contribution in [2.75, 3.05) is 13.7 Å². The predicted molar refractivity (Wildman–Crippen MR) is 127 cm³/mol. The normalized spacial score (nSPS) is 11.7. The molecule has 3 rings (SSSR count). The third-order valence-electron chi connectivity index (χ3n) is 4.95. The van der Waals surface area contributed by atoms with Crippen LogP contribution < -0.4 is 4.74 Å². The number of nitrogens with zero attached hydrogens (tertiary/aromatic N) is 3. The number of carbonyl (C=O) groups excluding carboxylic acids is 1. The van der Waals surface area contributed by atoms with Crippen LogP contribution in [0.4, 0.5) is 4.79 Å². The van der Waals surface area contributed by atoms with E-state index in [1.54, 1.807) is 36.5 Å². The van der Waals surface area contributed by atoms with E-state index < -0.39 is 6.09 Å². The fraction of sp³-hybridized carbons (Fsp3) is 0.160. The molecule has 0 aliphatic rings. The highest BCUT2D eigenvalue weighted by Crippen LogP contribution is 2.32. The molecular weight excluding hydrogens is 470 g/mol. The summed E-state index contributed by atoms with van der Waals surface area (Å²) in [7, 11) is 1.52. The molecule has 0 N–H and O–H groups in total. The molecule has 0 aliphatic heterocycles. The lowest BCUT2D eigenvalue weighted by Gasteiger charge is -2.06. The van der Waals surface area contributed by atoms with Crippen molar-refractivity contribution in [2.45, 2.75) is 13.8 Å². The predicted octanol–water partition coefficient (Wildman–Crippen LogP) is 6.30. The van der Waals surface area contributed by atoms with Gasteiger partial charge in [-0.3, -0.25) is 4.57 Å². The monoisotopic (exact) mass is 489 g/mol. The molecule has 0 saturated carbocycles. The Kier molecular flexibility index (Phi) is 7.14. The first-order valence-electron chi connectivity index (χ1n) is 9.71. The van der Waals surface area contributed by atoms with E-state index in [4.69, 9.17) is 9.47 Å². The van der Waals surface area contributed by atoms with Crippen molar-refractivity contribution in [2.24, 2.45) is 0 Å². The Balaban J connectivity index is 2.16. The Bertz CT molecular complexity index is 1340. The van der Waals surface area contributed by atoms with Gasteiger partial charge in [-0.05, 0) is 61.9 Å². The fourth-order valence-electron chi connectivity index (χ4n) is 3.14. The third kappa shape index (κ3) is 4.74. The molecule has 0 unspecified atom stereocenters. The molecular formula is C25H20BrN3O3. The van der Waals surface area contributed by atoms with Gasteiger partial charge >= 0.3 is 6.09 Å². The van der Waals surface area contributed by atoms with Crippen LogP contribution in [0.25, 0.3) is 22.6 Å². The smallest absolute Gasteiger partial charge is 0.418 e. The maximum Gasteiger partial charge on any atom is 0.418 e. The Hall–Kier alpha value is -3.81. The van der Waals surface area contributed by atoms with E-state index >= 15 is 0 Å². The summed E-state index contributed by atoms with van der Waals surface area (Å²) in [6.45, 7) is 3.94. The Morgan fingerprint density at radius 3 is 2.66 bits per heavy atom. The van der Waals surface area contributed by atoms with Gasteiger partial charge in [-0.2, -0.15) is 10.5 Å². The molecule has 3 aromatic rings. The summed E-state index contributed by atoms with van der Waals surface area (Å²) in [4.78, 5) is 12.8. The first-order valence-corrected chi connectivity index (χ1v) is 10.5. The number of hydrogen-bond acceptors (Lipinski definition) is 5. The first kappa shape index (κ1) is 22.9. The number of ether oxygens (including phenoxy) is 2. The lowest BCUT2D eigenvalue weighted by Crippen LogP contribution is -2.13. The summed E-state index contributed by atoms with van der Waals surface area (Å²) in [6.07, 6.45) is 4.59. The summed E-state index contributed by atoms with van der Waals surface area (Å²) in [5.41, 5.74) is 3.46. The zero-order valence-corrected chi connectivity index (χ0v) is 19.4. The molecule has 1 heterocycles. The van der Waals surface area contributed by atoms with Crippen molar-refractivity contribution in [1.29, 1.82) is 10.5 Å². The van der Waals surface area contributed by atoms with Crippen LogP contribution in [0.1, 0.15) is 30.5 Å². The molecule has 32 heavy (non-hydrogen) atoms.